The maximum Gasteiger partial charge on any atom is 0.405 e. The van der Waals surface area contributed by atoms with E-state index in [0.717, 1.165) is 37.0 Å². The molecule has 240 valence electrons. The van der Waals surface area contributed by atoms with E-state index in [0.29, 0.717) is 20.0 Å². The van der Waals surface area contributed by atoms with Gasteiger partial charge in [-0.2, -0.15) is 17.2 Å². The zero-order valence-corrected chi connectivity index (χ0v) is 24.5. The molecule has 1 saturated heterocycles. The Morgan fingerprint density at radius 3 is 2.23 bits per heavy atom. The Balaban J connectivity index is 0.989. The van der Waals surface area contributed by atoms with E-state index in [9.17, 15) is 36.4 Å². The van der Waals surface area contributed by atoms with Gasteiger partial charge in [-0.3, -0.25) is 23.7 Å². The summed E-state index contributed by atoms with van der Waals surface area (Å²) in [5.74, 6) is -3.63. The normalized spacial score (nSPS) is 39.4. The summed E-state index contributed by atoms with van der Waals surface area (Å²) in [7, 11) is -5.83. The summed E-state index contributed by atoms with van der Waals surface area (Å²) in [6.07, 6.45) is 2.24. The van der Waals surface area contributed by atoms with Gasteiger partial charge in [0.15, 0.2) is 12.9 Å². The highest BCUT2D eigenvalue weighted by Gasteiger charge is 2.70. The van der Waals surface area contributed by atoms with Crippen molar-refractivity contribution in [2.75, 3.05) is 13.4 Å². The van der Waals surface area contributed by atoms with Crippen molar-refractivity contribution in [3.63, 3.8) is 0 Å². The molecule has 7 unspecified atom stereocenters. The van der Waals surface area contributed by atoms with Crippen molar-refractivity contribution < 1.29 is 64.6 Å². The summed E-state index contributed by atoms with van der Waals surface area (Å²) in [5, 5.41) is -4.74. The summed E-state index contributed by atoms with van der Waals surface area (Å²) in [6, 6.07) is 0. The van der Waals surface area contributed by atoms with Gasteiger partial charge in [-0.05, 0) is 75.0 Å². The molecular weight excluding hydrogens is 598 g/mol. The molecule has 7 aliphatic rings. The Bertz CT molecular complexity index is 1250. The number of hydrogen-bond acceptors (Lipinski definition) is 11. The summed E-state index contributed by atoms with van der Waals surface area (Å²) in [5.41, 5.74) is 0.150. The van der Waals surface area contributed by atoms with E-state index in [-0.39, 0.29) is 18.1 Å². The van der Waals surface area contributed by atoms with Crippen LogP contribution in [0.2, 0.25) is 0 Å². The lowest BCUT2D eigenvalue weighted by Crippen LogP contribution is -2.48. The number of hydrogen-bond donors (Lipinski definition) is 1. The van der Waals surface area contributed by atoms with Gasteiger partial charge in [0, 0.05) is 11.8 Å². The molecule has 0 amide bonds. The molecule has 0 aromatic heterocycles. The molecule has 7 atom stereocenters. The Labute approximate surface area is 247 Å². The first-order valence-corrected chi connectivity index (χ1v) is 16.3. The molecule has 43 heavy (non-hydrogen) atoms. The molecule has 7 fully saturated rings. The highest BCUT2D eigenvalue weighted by molar-refractivity contribution is 7.86. The molecule has 6 saturated carbocycles. The van der Waals surface area contributed by atoms with Gasteiger partial charge in [-0.25, -0.2) is 0 Å². The second kappa shape index (κ2) is 10.9. The van der Waals surface area contributed by atoms with Gasteiger partial charge >= 0.3 is 39.2 Å². The van der Waals surface area contributed by atoms with Crippen LogP contribution in [0.3, 0.4) is 0 Å². The molecule has 0 radical (unpaired) electrons. The molecule has 0 aromatic carbocycles. The smallest absolute Gasteiger partial charge is 0.405 e. The molecule has 1 N–H and O–H groups in total. The van der Waals surface area contributed by atoms with E-state index in [2.05, 4.69) is 4.74 Å². The maximum absolute atomic E-state index is 13.6. The van der Waals surface area contributed by atoms with E-state index >= 15 is 0 Å². The third-order valence-electron chi connectivity index (χ3n) is 10.6. The second-order valence-corrected chi connectivity index (χ2v) is 15.0. The number of carbonyl (C=O) groups excluding carboxylic acids is 4. The van der Waals surface area contributed by atoms with E-state index in [4.69, 9.17) is 23.5 Å². The molecule has 1 aliphatic heterocycles. The third kappa shape index (κ3) is 5.54. The molecule has 1 heterocycles. The maximum atomic E-state index is 13.6. The lowest BCUT2D eigenvalue weighted by Gasteiger charge is -2.56. The van der Waals surface area contributed by atoms with Crippen molar-refractivity contribution >= 4 is 34.0 Å². The number of halogens is 2. The molecular formula is C28H36F2O12S. The fourth-order valence-corrected chi connectivity index (χ4v) is 9.81. The molecule has 6 aliphatic carbocycles. The predicted molar refractivity (Wildman–Crippen MR) is 137 cm³/mol. The van der Waals surface area contributed by atoms with Crippen molar-refractivity contribution in [3.8, 4) is 0 Å². The van der Waals surface area contributed by atoms with Gasteiger partial charge in [0.2, 0.25) is 0 Å². The number of rotatable bonds is 12. The summed E-state index contributed by atoms with van der Waals surface area (Å²) in [6.45, 7) is 0.877. The van der Waals surface area contributed by atoms with Crippen molar-refractivity contribution in [2.24, 2.45) is 46.8 Å². The van der Waals surface area contributed by atoms with Crippen LogP contribution < -0.4 is 0 Å². The van der Waals surface area contributed by atoms with Crippen LogP contribution in [0.15, 0.2) is 0 Å². The zero-order chi connectivity index (χ0) is 30.9. The van der Waals surface area contributed by atoms with Crippen LogP contribution >= 0.6 is 0 Å². The molecule has 0 aromatic rings. The fourth-order valence-electron chi connectivity index (χ4n) is 9.34. The van der Waals surface area contributed by atoms with E-state index in [1.165, 1.54) is 19.3 Å². The quantitative estimate of drug-likeness (QED) is 0.110. The highest BCUT2D eigenvalue weighted by Crippen LogP contribution is 2.61. The Morgan fingerprint density at radius 2 is 1.63 bits per heavy atom. The Hall–Kier alpha value is -2.39. The number of fused-ring (bicyclic) bond motifs is 1. The van der Waals surface area contributed by atoms with Crippen LogP contribution in [-0.2, 0) is 53.0 Å². The Morgan fingerprint density at radius 1 is 1.02 bits per heavy atom. The number of carbonyl (C=O) groups is 4. The van der Waals surface area contributed by atoms with Crippen LogP contribution in [0, 0.1) is 46.8 Å². The first kappa shape index (κ1) is 30.6. The first-order valence-electron chi connectivity index (χ1n) is 14.9. The summed E-state index contributed by atoms with van der Waals surface area (Å²) >= 11 is 0. The minimum atomic E-state index is -5.83. The second-order valence-electron chi connectivity index (χ2n) is 13.5. The first-order chi connectivity index (χ1) is 20.2. The SMILES string of the molecule is CC(OC(=O)CCC(=O)OC1C2CC3C1OC(=O)C3C2C(=O)OCOCC12CC3CC(CC(C3)C1)C2)C(F)(F)S(=O)(=O)O. The van der Waals surface area contributed by atoms with Gasteiger partial charge in [-0.1, -0.05) is 0 Å². The van der Waals surface area contributed by atoms with Crippen molar-refractivity contribution in [2.45, 2.75) is 88.3 Å². The number of esters is 4. The van der Waals surface area contributed by atoms with Crippen molar-refractivity contribution in [3.05, 3.63) is 0 Å². The highest BCUT2D eigenvalue weighted by atomic mass is 32.2. The minimum Gasteiger partial charge on any atom is -0.458 e. The zero-order valence-electron chi connectivity index (χ0n) is 23.7. The lowest BCUT2D eigenvalue weighted by atomic mass is 9.50. The Kier molecular flexibility index (Phi) is 7.76. The van der Waals surface area contributed by atoms with Crippen LogP contribution in [0.5, 0.6) is 0 Å². The largest absolute Gasteiger partial charge is 0.458 e. The molecule has 6 bridgehead atoms. The van der Waals surface area contributed by atoms with Crippen molar-refractivity contribution in [1.82, 2.24) is 0 Å². The summed E-state index contributed by atoms with van der Waals surface area (Å²) < 4.78 is 84.1. The van der Waals surface area contributed by atoms with Gasteiger partial charge in [0.25, 0.3) is 0 Å². The van der Waals surface area contributed by atoms with Gasteiger partial charge in [0.1, 0.15) is 12.2 Å². The van der Waals surface area contributed by atoms with Crippen LogP contribution in [0.25, 0.3) is 0 Å². The van der Waals surface area contributed by atoms with Gasteiger partial charge in [-0.15, -0.1) is 0 Å². The fraction of sp³-hybridized carbons (Fsp3) is 0.857. The average Bonchev–Trinajstić information content (AvgIpc) is 3.52. The standard InChI is InChI=1S/C28H36F2O12S/c1-13(28(29,30)43(35,36)37)40-19(31)2-3-20(32)41-23-17-7-18-22(26(34)42-24(18)23)21(17)25(33)39-12-38-11-27-8-14-4-15(9-27)6-16(5-14)10-27/h13-18,21-24H,2-12H2,1H3,(H,35,36,37). The molecule has 0 spiro atoms. The number of alkyl halides is 2. The summed E-state index contributed by atoms with van der Waals surface area (Å²) in [4.78, 5) is 50.2. The average molecular weight is 635 g/mol. The minimum absolute atomic E-state index is 0.150. The molecule has 12 nitrogen and oxygen atoms in total. The van der Waals surface area contributed by atoms with Gasteiger partial charge < -0.3 is 23.7 Å². The van der Waals surface area contributed by atoms with E-state index < -0.39 is 88.2 Å². The molecule has 15 heteroatoms. The lowest BCUT2D eigenvalue weighted by molar-refractivity contribution is -0.178. The van der Waals surface area contributed by atoms with Crippen molar-refractivity contribution in [1.29, 1.82) is 0 Å². The van der Waals surface area contributed by atoms with Crippen LogP contribution in [-0.4, -0.2) is 73.8 Å². The molecule has 7 rings (SSSR count). The predicted octanol–water partition coefficient (Wildman–Crippen LogP) is 2.63. The monoisotopic (exact) mass is 634 g/mol. The number of ether oxygens (including phenoxy) is 5. The van der Waals surface area contributed by atoms with Crippen LogP contribution in [0.1, 0.15) is 64.7 Å². The van der Waals surface area contributed by atoms with Crippen LogP contribution in [0.4, 0.5) is 8.78 Å². The topological polar surface area (TPSA) is 169 Å². The van der Waals surface area contributed by atoms with Gasteiger partial charge in [0.05, 0.1) is 31.3 Å². The third-order valence-corrected chi connectivity index (χ3v) is 11.6. The van der Waals surface area contributed by atoms with E-state index in [1.807, 2.05) is 0 Å². The van der Waals surface area contributed by atoms with E-state index in [1.54, 1.807) is 0 Å².